The molecular weight excluding hydrogens is 431 g/mol. The maximum absolute atomic E-state index is 13.3. The first-order valence-electron chi connectivity index (χ1n) is 9.34. The smallest absolute Gasteiger partial charge is 0.175 e. The van der Waals surface area contributed by atoms with Crippen molar-refractivity contribution in [2.45, 2.75) is 9.92 Å². The summed E-state index contributed by atoms with van der Waals surface area (Å²) in [5.41, 5.74) is 6.04. The van der Waals surface area contributed by atoms with Crippen LogP contribution in [0, 0.1) is 5.82 Å². The molecule has 0 radical (unpaired) electrons. The number of halogens is 1. The highest BCUT2D eigenvalue weighted by Gasteiger charge is 2.12. The quantitative estimate of drug-likeness (QED) is 0.160. The molecule has 160 valence electrons. The monoisotopic (exact) mass is 448 g/mol. The highest BCUT2D eigenvalue weighted by Crippen LogP contribution is 2.35. The summed E-state index contributed by atoms with van der Waals surface area (Å²) >= 11 is 1.43. The largest absolute Gasteiger partial charge is 0.453 e. The summed E-state index contributed by atoms with van der Waals surface area (Å²) in [5, 5.41) is 15.6. The zero-order valence-electron chi connectivity index (χ0n) is 16.5. The number of benzene rings is 1. The van der Waals surface area contributed by atoms with Crippen molar-refractivity contribution >= 4 is 29.2 Å². The normalized spacial score (nSPS) is 11.2. The molecule has 0 aliphatic rings. The van der Waals surface area contributed by atoms with E-state index in [1.807, 2.05) is 24.3 Å². The first-order valence-corrected chi connectivity index (χ1v) is 10.2. The number of rotatable bonds is 7. The minimum atomic E-state index is -0.358. The molecule has 3 aromatic heterocycles. The second-order valence-electron chi connectivity index (χ2n) is 6.39. The molecular formula is C22H17FN6O2S. The summed E-state index contributed by atoms with van der Waals surface area (Å²) in [5.74, 6) is 1.35. The molecule has 4 N–H and O–H groups in total. The van der Waals surface area contributed by atoms with Gasteiger partial charge in [0.1, 0.15) is 22.4 Å². The number of nitrogens with two attached hydrogens (primary N) is 1. The SMILES string of the molecule is NC(=NO)c1ccc(Nc2ncc(Sc3ccccn3)cc2Oc2ccc(F)cc2)nc1. The van der Waals surface area contributed by atoms with Crippen molar-refractivity contribution in [1.29, 1.82) is 0 Å². The van der Waals surface area contributed by atoms with Crippen molar-refractivity contribution in [3.63, 3.8) is 0 Å². The van der Waals surface area contributed by atoms with E-state index < -0.39 is 0 Å². The molecule has 0 aliphatic heterocycles. The summed E-state index contributed by atoms with van der Waals surface area (Å²) in [4.78, 5) is 13.8. The fraction of sp³-hybridized carbons (Fsp3) is 0. The highest BCUT2D eigenvalue weighted by molar-refractivity contribution is 7.99. The minimum Gasteiger partial charge on any atom is -0.453 e. The highest BCUT2D eigenvalue weighted by atomic mass is 32.2. The van der Waals surface area contributed by atoms with Crippen molar-refractivity contribution in [2.24, 2.45) is 10.9 Å². The zero-order chi connectivity index (χ0) is 22.3. The van der Waals surface area contributed by atoms with Crippen LogP contribution >= 0.6 is 11.8 Å². The third-order valence-electron chi connectivity index (χ3n) is 4.14. The van der Waals surface area contributed by atoms with Crippen LogP contribution in [-0.4, -0.2) is 26.0 Å². The number of oxime groups is 1. The molecule has 4 rings (SSSR count). The molecule has 0 unspecified atom stereocenters. The van der Waals surface area contributed by atoms with Crippen LogP contribution in [0.25, 0.3) is 0 Å². The average molecular weight is 448 g/mol. The number of nitrogens with zero attached hydrogens (tertiary/aromatic N) is 4. The molecule has 10 heteroatoms. The van der Waals surface area contributed by atoms with E-state index in [0.717, 1.165) is 9.92 Å². The van der Waals surface area contributed by atoms with E-state index >= 15 is 0 Å². The Bertz CT molecular complexity index is 1220. The van der Waals surface area contributed by atoms with Crippen molar-refractivity contribution in [3.8, 4) is 11.5 Å². The summed E-state index contributed by atoms with van der Waals surface area (Å²) in [6.07, 6.45) is 4.86. The molecule has 0 aliphatic carbocycles. The van der Waals surface area contributed by atoms with Gasteiger partial charge in [0.05, 0.1) is 0 Å². The van der Waals surface area contributed by atoms with Gasteiger partial charge >= 0.3 is 0 Å². The van der Waals surface area contributed by atoms with E-state index in [4.69, 9.17) is 15.7 Å². The Morgan fingerprint density at radius 3 is 2.56 bits per heavy atom. The first-order chi connectivity index (χ1) is 15.6. The molecule has 0 fully saturated rings. The molecule has 0 atom stereocenters. The Morgan fingerprint density at radius 1 is 1.03 bits per heavy atom. The summed E-state index contributed by atoms with van der Waals surface area (Å²) < 4.78 is 19.3. The average Bonchev–Trinajstić information content (AvgIpc) is 2.83. The minimum absolute atomic E-state index is 0.0431. The number of ether oxygens (including phenoxy) is 1. The van der Waals surface area contributed by atoms with E-state index in [-0.39, 0.29) is 11.7 Å². The summed E-state index contributed by atoms with van der Waals surface area (Å²) in [7, 11) is 0. The Morgan fingerprint density at radius 2 is 1.88 bits per heavy atom. The number of pyridine rings is 3. The lowest BCUT2D eigenvalue weighted by molar-refractivity contribution is 0.318. The van der Waals surface area contributed by atoms with Gasteiger partial charge in [-0.25, -0.2) is 19.3 Å². The topological polar surface area (TPSA) is 119 Å². The van der Waals surface area contributed by atoms with Crippen LogP contribution < -0.4 is 15.8 Å². The van der Waals surface area contributed by atoms with Gasteiger partial charge in [-0.1, -0.05) is 23.0 Å². The fourth-order valence-electron chi connectivity index (χ4n) is 2.61. The Hall–Kier alpha value is -4.18. The molecule has 0 saturated heterocycles. The number of nitrogens with one attached hydrogen (secondary N) is 1. The number of amidine groups is 1. The van der Waals surface area contributed by atoms with Crippen LogP contribution in [0.15, 0.2) is 94.3 Å². The maximum Gasteiger partial charge on any atom is 0.175 e. The van der Waals surface area contributed by atoms with Crippen LogP contribution in [-0.2, 0) is 0 Å². The van der Waals surface area contributed by atoms with Crippen molar-refractivity contribution in [2.75, 3.05) is 5.32 Å². The van der Waals surface area contributed by atoms with Crippen LogP contribution in [0.4, 0.5) is 16.0 Å². The Kier molecular flexibility index (Phi) is 6.42. The van der Waals surface area contributed by atoms with Crippen molar-refractivity contribution in [1.82, 2.24) is 15.0 Å². The van der Waals surface area contributed by atoms with Crippen molar-refractivity contribution < 1.29 is 14.3 Å². The lowest BCUT2D eigenvalue weighted by Gasteiger charge is -2.13. The van der Waals surface area contributed by atoms with Crippen molar-refractivity contribution in [3.05, 3.63) is 90.6 Å². The zero-order valence-corrected chi connectivity index (χ0v) is 17.3. The van der Waals surface area contributed by atoms with Crippen LogP contribution in [0.3, 0.4) is 0 Å². The van der Waals surface area contributed by atoms with Crippen LogP contribution in [0.5, 0.6) is 11.5 Å². The van der Waals surface area contributed by atoms with Gasteiger partial charge in [0.15, 0.2) is 17.4 Å². The van der Waals surface area contributed by atoms with Crippen LogP contribution in [0.1, 0.15) is 5.56 Å². The number of anilines is 2. The molecule has 0 spiro atoms. The molecule has 1 aromatic carbocycles. The van der Waals surface area contributed by atoms with Crippen LogP contribution in [0.2, 0.25) is 0 Å². The van der Waals surface area contributed by atoms with E-state index in [1.54, 1.807) is 24.5 Å². The van der Waals surface area contributed by atoms with E-state index in [2.05, 4.69) is 25.4 Å². The third-order valence-corrected chi connectivity index (χ3v) is 5.05. The Balaban J connectivity index is 1.62. The summed E-state index contributed by atoms with van der Waals surface area (Å²) in [6.45, 7) is 0. The van der Waals surface area contributed by atoms with E-state index in [0.29, 0.717) is 28.7 Å². The second-order valence-corrected chi connectivity index (χ2v) is 7.48. The van der Waals surface area contributed by atoms with Gasteiger partial charge in [-0.15, -0.1) is 0 Å². The maximum atomic E-state index is 13.3. The fourth-order valence-corrected chi connectivity index (χ4v) is 3.38. The molecule has 3 heterocycles. The van der Waals surface area contributed by atoms with Gasteiger partial charge in [-0.05, 0) is 48.5 Å². The lowest BCUT2D eigenvalue weighted by atomic mass is 10.2. The molecule has 4 aromatic rings. The first kappa shape index (κ1) is 21.1. The van der Waals surface area contributed by atoms with Gasteiger partial charge in [0, 0.05) is 35.1 Å². The molecule has 0 bridgehead atoms. The van der Waals surface area contributed by atoms with Gasteiger partial charge in [0.2, 0.25) is 0 Å². The van der Waals surface area contributed by atoms with E-state index in [1.165, 1.54) is 42.2 Å². The molecule has 0 amide bonds. The Labute approximate surface area is 187 Å². The molecule has 8 nitrogen and oxygen atoms in total. The van der Waals surface area contributed by atoms with Gasteiger partial charge in [-0.3, -0.25) is 0 Å². The van der Waals surface area contributed by atoms with Gasteiger partial charge in [-0.2, -0.15) is 0 Å². The molecule has 0 saturated carbocycles. The second kappa shape index (κ2) is 9.75. The lowest BCUT2D eigenvalue weighted by Crippen LogP contribution is -2.13. The standard InChI is InChI=1S/C22H17FN6O2S/c23-15-5-7-16(8-6-15)31-18-11-17(32-20-3-1-2-10-25-20)13-27-22(18)28-19-9-4-14(12-26-19)21(24)29-30/h1-13,30H,(H2,24,29)(H,26,27,28). The van der Waals surface area contributed by atoms with Gasteiger partial charge in [0.25, 0.3) is 0 Å². The van der Waals surface area contributed by atoms with Gasteiger partial charge < -0.3 is 21.0 Å². The predicted octanol–water partition coefficient (Wildman–Crippen LogP) is 4.79. The number of hydrogen-bond acceptors (Lipinski definition) is 8. The molecule has 32 heavy (non-hydrogen) atoms. The number of aromatic nitrogens is 3. The number of hydrogen-bond donors (Lipinski definition) is 3. The third kappa shape index (κ3) is 5.29. The van der Waals surface area contributed by atoms with E-state index in [9.17, 15) is 4.39 Å². The predicted molar refractivity (Wildman–Crippen MR) is 119 cm³/mol. The summed E-state index contributed by atoms with van der Waals surface area (Å²) in [6, 6.07) is 16.4.